The first kappa shape index (κ1) is 14.0. The topological polar surface area (TPSA) is 30.5 Å². The van der Waals surface area contributed by atoms with Gasteiger partial charge in [-0.1, -0.05) is 6.07 Å². The number of rotatable bonds is 7. The molecule has 0 spiro atoms. The lowest BCUT2D eigenvalue weighted by molar-refractivity contribution is 0.189. The van der Waals surface area contributed by atoms with E-state index in [1.807, 2.05) is 0 Å². The normalized spacial score (nSPS) is 12.5. The molecule has 1 rings (SSSR count). The lowest BCUT2D eigenvalue weighted by Crippen LogP contribution is -2.34. The highest BCUT2D eigenvalue weighted by molar-refractivity contribution is 5.32. The van der Waals surface area contributed by atoms with Crippen molar-refractivity contribution in [2.75, 3.05) is 26.9 Å². The minimum absolute atomic E-state index is 0.325. The zero-order valence-electron chi connectivity index (χ0n) is 11.2. The summed E-state index contributed by atoms with van der Waals surface area (Å²) in [7, 11) is 1.71. The zero-order valence-corrected chi connectivity index (χ0v) is 11.2. The molecule has 0 bridgehead atoms. The van der Waals surface area contributed by atoms with E-state index in [0.717, 1.165) is 18.9 Å². The van der Waals surface area contributed by atoms with Gasteiger partial charge in [0, 0.05) is 19.7 Å². The van der Waals surface area contributed by atoms with E-state index in [9.17, 15) is 0 Å². The molecule has 1 atom stereocenters. The molecule has 0 saturated heterocycles. The van der Waals surface area contributed by atoms with Crippen LogP contribution in [-0.4, -0.2) is 32.9 Å². The lowest BCUT2D eigenvalue weighted by atomic mass is 10.1. The molecule has 17 heavy (non-hydrogen) atoms. The Bertz CT molecular complexity index is 319. The molecular formula is C14H23NO2. The number of aryl methyl sites for hydroxylation is 2. The average molecular weight is 237 g/mol. The molecule has 0 fully saturated rings. The second-order valence-electron chi connectivity index (χ2n) is 4.48. The highest BCUT2D eigenvalue weighted by Gasteiger charge is 2.02. The van der Waals surface area contributed by atoms with E-state index < -0.39 is 0 Å². The van der Waals surface area contributed by atoms with E-state index in [-0.39, 0.29) is 0 Å². The van der Waals surface area contributed by atoms with Gasteiger partial charge in [-0.25, -0.2) is 0 Å². The second-order valence-corrected chi connectivity index (χ2v) is 4.48. The smallest absolute Gasteiger partial charge is 0.119 e. The summed E-state index contributed by atoms with van der Waals surface area (Å²) in [6.45, 7) is 8.53. The molecule has 0 amide bonds. The molecule has 0 aliphatic carbocycles. The van der Waals surface area contributed by atoms with Crippen LogP contribution in [0, 0.1) is 13.8 Å². The second kappa shape index (κ2) is 7.30. The van der Waals surface area contributed by atoms with Crippen molar-refractivity contribution in [3.05, 3.63) is 29.3 Å². The van der Waals surface area contributed by atoms with Gasteiger partial charge in [0.2, 0.25) is 0 Å². The van der Waals surface area contributed by atoms with Crippen LogP contribution in [0.1, 0.15) is 18.1 Å². The molecule has 0 radical (unpaired) electrons. The third-order valence-electron chi connectivity index (χ3n) is 2.49. The molecule has 0 heterocycles. The standard InChI is InChI=1S/C14H23NO2/c1-11-7-12(2)9-14(8-11)17-10-13(3)15-5-6-16-4/h7-9,13,15H,5-6,10H2,1-4H3. The van der Waals surface area contributed by atoms with Crippen LogP contribution in [0.5, 0.6) is 5.75 Å². The lowest BCUT2D eigenvalue weighted by Gasteiger charge is -2.15. The first-order chi connectivity index (χ1) is 8.11. The fourth-order valence-corrected chi connectivity index (χ4v) is 1.70. The third-order valence-corrected chi connectivity index (χ3v) is 2.49. The Morgan fingerprint density at radius 1 is 1.18 bits per heavy atom. The largest absolute Gasteiger partial charge is 0.492 e. The molecule has 3 nitrogen and oxygen atoms in total. The van der Waals surface area contributed by atoms with Gasteiger partial charge in [0.25, 0.3) is 0 Å². The fraction of sp³-hybridized carbons (Fsp3) is 0.571. The number of nitrogens with one attached hydrogen (secondary N) is 1. The minimum atomic E-state index is 0.325. The van der Waals surface area contributed by atoms with E-state index in [0.29, 0.717) is 12.6 Å². The highest BCUT2D eigenvalue weighted by atomic mass is 16.5. The van der Waals surface area contributed by atoms with Crippen molar-refractivity contribution in [2.45, 2.75) is 26.8 Å². The van der Waals surface area contributed by atoms with Gasteiger partial charge in [-0.05, 0) is 44.0 Å². The average Bonchev–Trinajstić information content (AvgIpc) is 2.25. The summed E-state index contributed by atoms with van der Waals surface area (Å²) in [5.41, 5.74) is 2.47. The molecule has 1 unspecified atom stereocenters. The van der Waals surface area contributed by atoms with Crippen molar-refractivity contribution in [2.24, 2.45) is 0 Å². The van der Waals surface area contributed by atoms with Crippen molar-refractivity contribution in [1.82, 2.24) is 5.32 Å². The summed E-state index contributed by atoms with van der Waals surface area (Å²) >= 11 is 0. The summed E-state index contributed by atoms with van der Waals surface area (Å²) < 4.78 is 10.7. The Labute approximate surface area is 104 Å². The van der Waals surface area contributed by atoms with E-state index in [1.54, 1.807) is 7.11 Å². The van der Waals surface area contributed by atoms with Gasteiger partial charge in [0.05, 0.1) is 6.61 Å². The molecule has 0 aliphatic rings. The fourth-order valence-electron chi connectivity index (χ4n) is 1.70. The van der Waals surface area contributed by atoms with Gasteiger partial charge in [0.15, 0.2) is 0 Å². The maximum atomic E-state index is 5.76. The molecule has 1 aromatic rings. The molecular weight excluding hydrogens is 214 g/mol. The van der Waals surface area contributed by atoms with Crippen molar-refractivity contribution >= 4 is 0 Å². The zero-order chi connectivity index (χ0) is 12.7. The van der Waals surface area contributed by atoms with Crippen LogP contribution >= 0.6 is 0 Å². The van der Waals surface area contributed by atoms with Crippen LogP contribution < -0.4 is 10.1 Å². The third kappa shape index (κ3) is 5.71. The number of hydrogen-bond donors (Lipinski definition) is 1. The van der Waals surface area contributed by atoms with Gasteiger partial charge in [-0.3, -0.25) is 0 Å². The van der Waals surface area contributed by atoms with E-state index in [2.05, 4.69) is 44.3 Å². The Morgan fingerprint density at radius 2 is 1.82 bits per heavy atom. The molecule has 1 aromatic carbocycles. The molecule has 0 saturated carbocycles. The molecule has 96 valence electrons. The quantitative estimate of drug-likeness (QED) is 0.738. The minimum Gasteiger partial charge on any atom is -0.492 e. The molecule has 0 aromatic heterocycles. The molecule has 0 aliphatic heterocycles. The van der Waals surface area contributed by atoms with Crippen LogP contribution in [0.3, 0.4) is 0 Å². The molecule has 1 N–H and O–H groups in total. The van der Waals surface area contributed by atoms with Crippen LogP contribution in [0.4, 0.5) is 0 Å². The van der Waals surface area contributed by atoms with Crippen molar-refractivity contribution in [3.63, 3.8) is 0 Å². The molecule has 3 heteroatoms. The maximum absolute atomic E-state index is 5.76. The van der Waals surface area contributed by atoms with Crippen LogP contribution in [0.15, 0.2) is 18.2 Å². The van der Waals surface area contributed by atoms with E-state index in [4.69, 9.17) is 9.47 Å². The van der Waals surface area contributed by atoms with Gasteiger partial charge >= 0.3 is 0 Å². The van der Waals surface area contributed by atoms with Crippen molar-refractivity contribution < 1.29 is 9.47 Å². The van der Waals surface area contributed by atoms with Crippen molar-refractivity contribution in [1.29, 1.82) is 0 Å². The van der Waals surface area contributed by atoms with Gasteiger partial charge in [0.1, 0.15) is 12.4 Å². The number of ether oxygens (including phenoxy) is 2. The van der Waals surface area contributed by atoms with Gasteiger partial charge in [-0.15, -0.1) is 0 Å². The Kier molecular flexibility index (Phi) is 6.01. The predicted molar refractivity (Wildman–Crippen MR) is 70.8 cm³/mol. The maximum Gasteiger partial charge on any atom is 0.119 e. The summed E-state index contributed by atoms with van der Waals surface area (Å²) in [4.78, 5) is 0. The Morgan fingerprint density at radius 3 is 2.41 bits per heavy atom. The van der Waals surface area contributed by atoms with E-state index >= 15 is 0 Å². The Hall–Kier alpha value is -1.06. The highest BCUT2D eigenvalue weighted by Crippen LogP contribution is 2.16. The monoisotopic (exact) mass is 237 g/mol. The van der Waals surface area contributed by atoms with E-state index in [1.165, 1.54) is 11.1 Å². The van der Waals surface area contributed by atoms with Crippen LogP contribution in [0.25, 0.3) is 0 Å². The van der Waals surface area contributed by atoms with Crippen LogP contribution in [0.2, 0.25) is 0 Å². The number of benzene rings is 1. The predicted octanol–water partition coefficient (Wildman–Crippen LogP) is 2.31. The summed E-state index contributed by atoms with van der Waals surface area (Å²) in [6.07, 6.45) is 0. The summed E-state index contributed by atoms with van der Waals surface area (Å²) in [5.74, 6) is 0.947. The summed E-state index contributed by atoms with van der Waals surface area (Å²) in [5, 5.41) is 3.33. The number of hydrogen-bond acceptors (Lipinski definition) is 3. The Balaban J connectivity index is 2.34. The van der Waals surface area contributed by atoms with Crippen LogP contribution in [-0.2, 0) is 4.74 Å². The SMILES string of the molecule is COCCNC(C)COc1cc(C)cc(C)c1. The summed E-state index contributed by atoms with van der Waals surface area (Å²) in [6, 6.07) is 6.60. The van der Waals surface area contributed by atoms with Gasteiger partial charge < -0.3 is 14.8 Å². The van der Waals surface area contributed by atoms with Gasteiger partial charge in [-0.2, -0.15) is 0 Å². The first-order valence-electron chi connectivity index (χ1n) is 6.05. The number of methoxy groups -OCH3 is 1. The van der Waals surface area contributed by atoms with Crippen molar-refractivity contribution in [3.8, 4) is 5.75 Å². The first-order valence-corrected chi connectivity index (χ1v) is 6.05.